The van der Waals surface area contributed by atoms with Crippen molar-refractivity contribution >= 4 is 18.2 Å². The molecule has 1 rings (SSSR count). The van der Waals surface area contributed by atoms with E-state index in [0.717, 1.165) is 18.3 Å². The lowest BCUT2D eigenvalue weighted by Gasteiger charge is -2.05. The predicted molar refractivity (Wildman–Crippen MR) is 107 cm³/mol. The third kappa shape index (κ3) is 15.8. The molecular weight excluding hydrogens is 344 g/mol. The van der Waals surface area contributed by atoms with Crippen LogP contribution in [0.5, 0.6) is 0 Å². The van der Waals surface area contributed by atoms with Gasteiger partial charge >= 0.3 is 11.9 Å². The summed E-state index contributed by atoms with van der Waals surface area (Å²) in [4.78, 5) is 29.8. The Balaban J connectivity index is 0.000000821. The summed E-state index contributed by atoms with van der Waals surface area (Å²) < 4.78 is 0. The average Bonchev–Trinajstić information content (AvgIpc) is 2.63. The molecule has 0 atom stereocenters. The maximum absolute atomic E-state index is 10.9. The second-order valence-electron chi connectivity index (χ2n) is 6.71. The minimum Gasteiger partial charge on any atom is -0.481 e. The summed E-state index contributed by atoms with van der Waals surface area (Å²) >= 11 is 0. The Bertz CT molecular complexity index is 527. The lowest BCUT2D eigenvalue weighted by Crippen LogP contribution is -2.03. The van der Waals surface area contributed by atoms with Crippen LogP contribution in [-0.4, -0.2) is 28.4 Å². The van der Waals surface area contributed by atoms with Crippen LogP contribution in [0.4, 0.5) is 0 Å². The van der Waals surface area contributed by atoms with Gasteiger partial charge in [0.2, 0.25) is 0 Å². The van der Waals surface area contributed by atoms with Crippen LogP contribution in [0.3, 0.4) is 0 Å². The number of aldehydes is 1. The van der Waals surface area contributed by atoms with E-state index in [4.69, 9.17) is 10.2 Å². The van der Waals surface area contributed by atoms with Gasteiger partial charge in [-0.15, -0.1) is 0 Å². The van der Waals surface area contributed by atoms with Crippen LogP contribution >= 0.6 is 0 Å². The number of hydrogen-bond acceptors (Lipinski definition) is 3. The summed E-state index contributed by atoms with van der Waals surface area (Å²) in [5, 5.41) is 15.4. The quantitative estimate of drug-likeness (QED) is 0.253. The minimum atomic E-state index is -1.31. The van der Waals surface area contributed by atoms with E-state index in [1.807, 2.05) is 18.2 Å². The predicted octanol–water partition coefficient (Wildman–Crippen LogP) is 5.51. The van der Waals surface area contributed by atoms with Gasteiger partial charge in [-0.2, -0.15) is 0 Å². The van der Waals surface area contributed by atoms with Crippen molar-refractivity contribution in [2.24, 2.45) is 0 Å². The Morgan fingerprint density at radius 3 is 1.74 bits per heavy atom. The number of unbranched alkanes of at least 4 members (excludes halogenated alkanes) is 9. The first-order chi connectivity index (χ1) is 13.0. The zero-order valence-electron chi connectivity index (χ0n) is 16.5. The highest BCUT2D eigenvalue weighted by molar-refractivity contribution is 5.88. The van der Waals surface area contributed by atoms with Crippen molar-refractivity contribution in [2.45, 2.75) is 84.0 Å². The SMILES string of the molecule is CCCCCCCCCCCCc1ccccc1C=O.O=C(O)CC(=O)O. The molecule has 0 aliphatic rings. The topological polar surface area (TPSA) is 91.7 Å². The summed E-state index contributed by atoms with van der Waals surface area (Å²) in [5.41, 5.74) is 2.07. The van der Waals surface area contributed by atoms with E-state index in [2.05, 4.69) is 13.0 Å². The molecule has 0 saturated heterocycles. The summed E-state index contributed by atoms with van der Waals surface area (Å²) in [7, 11) is 0. The van der Waals surface area contributed by atoms with Crippen LogP contribution < -0.4 is 0 Å². The maximum Gasteiger partial charge on any atom is 0.314 e. The van der Waals surface area contributed by atoms with Crippen LogP contribution in [0, 0.1) is 0 Å². The largest absolute Gasteiger partial charge is 0.481 e. The molecule has 1 aromatic rings. The fourth-order valence-corrected chi connectivity index (χ4v) is 2.81. The van der Waals surface area contributed by atoms with Gasteiger partial charge in [0, 0.05) is 5.56 Å². The first-order valence-corrected chi connectivity index (χ1v) is 9.97. The number of benzene rings is 1. The number of aryl methyl sites for hydroxylation is 1. The van der Waals surface area contributed by atoms with Crippen molar-refractivity contribution in [1.82, 2.24) is 0 Å². The van der Waals surface area contributed by atoms with Crippen LogP contribution in [0.1, 0.15) is 93.5 Å². The Morgan fingerprint density at radius 1 is 0.815 bits per heavy atom. The van der Waals surface area contributed by atoms with E-state index >= 15 is 0 Å². The van der Waals surface area contributed by atoms with Gasteiger partial charge < -0.3 is 10.2 Å². The molecular formula is C22H34O5. The molecule has 0 aromatic heterocycles. The Morgan fingerprint density at radius 2 is 1.30 bits per heavy atom. The lowest BCUT2D eigenvalue weighted by atomic mass is 10.0. The molecule has 2 N–H and O–H groups in total. The Hall–Kier alpha value is -2.17. The number of carbonyl (C=O) groups is 3. The van der Waals surface area contributed by atoms with Crippen LogP contribution in [-0.2, 0) is 16.0 Å². The van der Waals surface area contributed by atoms with Crippen LogP contribution in [0.25, 0.3) is 0 Å². The smallest absolute Gasteiger partial charge is 0.314 e. The van der Waals surface area contributed by atoms with Gasteiger partial charge in [-0.25, -0.2) is 0 Å². The van der Waals surface area contributed by atoms with Crippen molar-refractivity contribution in [3.05, 3.63) is 35.4 Å². The summed E-state index contributed by atoms with van der Waals surface area (Å²) in [6, 6.07) is 7.96. The summed E-state index contributed by atoms with van der Waals surface area (Å²) in [6.07, 6.45) is 14.8. The highest BCUT2D eigenvalue weighted by atomic mass is 16.4. The van der Waals surface area contributed by atoms with Crippen molar-refractivity contribution < 1.29 is 24.6 Å². The molecule has 5 nitrogen and oxygen atoms in total. The molecule has 0 bridgehead atoms. The highest BCUT2D eigenvalue weighted by Gasteiger charge is 2.02. The van der Waals surface area contributed by atoms with Crippen LogP contribution in [0.2, 0.25) is 0 Å². The standard InChI is InChI=1S/C19H30O.C3H4O4/c1-2-3-4-5-6-7-8-9-10-11-14-18-15-12-13-16-19(18)17-20;4-2(5)1-3(6)7/h12-13,15-17H,2-11,14H2,1H3;1H2,(H,4,5)(H,6,7). The number of carboxylic acids is 2. The summed E-state index contributed by atoms with van der Waals surface area (Å²) in [6.45, 7) is 2.27. The second kappa shape index (κ2) is 17.3. The Labute approximate surface area is 162 Å². The molecule has 5 heteroatoms. The lowest BCUT2D eigenvalue weighted by molar-refractivity contribution is -0.147. The van der Waals surface area contributed by atoms with E-state index in [9.17, 15) is 14.4 Å². The molecule has 0 heterocycles. The first-order valence-electron chi connectivity index (χ1n) is 9.97. The molecule has 152 valence electrons. The van der Waals surface area contributed by atoms with Crippen molar-refractivity contribution in [3.63, 3.8) is 0 Å². The van der Waals surface area contributed by atoms with E-state index in [1.54, 1.807) is 0 Å². The second-order valence-corrected chi connectivity index (χ2v) is 6.71. The fraction of sp³-hybridized carbons (Fsp3) is 0.591. The molecule has 0 aliphatic carbocycles. The maximum atomic E-state index is 10.9. The third-order valence-electron chi connectivity index (χ3n) is 4.28. The van der Waals surface area contributed by atoms with Crippen molar-refractivity contribution in [1.29, 1.82) is 0 Å². The van der Waals surface area contributed by atoms with Crippen molar-refractivity contribution in [2.75, 3.05) is 0 Å². The zero-order valence-corrected chi connectivity index (χ0v) is 16.5. The number of hydrogen-bond donors (Lipinski definition) is 2. The third-order valence-corrected chi connectivity index (χ3v) is 4.28. The molecule has 0 radical (unpaired) electrons. The van der Waals surface area contributed by atoms with Gasteiger partial charge in [0.15, 0.2) is 0 Å². The van der Waals surface area contributed by atoms with Crippen LogP contribution in [0.15, 0.2) is 24.3 Å². The number of aliphatic carboxylic acids is 2. The van der Waals surface area contributed by atoms with E-state index in [-0.39, 0.29) is 0 Å². The first kappa shape index (κ1) is 24.8. The molecule has 1 aromatic carbocycles. The van der Waals surface area contributed by atoms with E-state index < -0.39 is 18.4 Å². The van der Waals surface area contributed by atoms with Gasteiger partial charge in [-0.3, -0.25) is 14.4 Å². The van der Waals surface area contributed by atoms with E-state index in [0.29, 0.717) is 0 Å². The molecule has 27 heavy (non-hydrogen) atoms. The van der Waals surface area contributed by atoms with Gasteiger partial charge in [-0.1, -0.05) is 89.0 Å². The highest BCUT2D eigenvalue weighted by Crippen LogP contribution is 2.14. The Kier molecular flexibility index (Phi) is 15.9. The molecule has 0 spiro atoms. The van der Waals surface area contributed by atoms with Gasteiger partial charge in [0.1, 0.15) is 12.7 Å². The van der Waals surface area contributed by atoms with Crippen molar-refractivity contribution in [3.8, 4) is 0 Å². The van der Waals surface area contributed by atoms with Gasteiger partial charge in [0.25, 0.3) is 0 Å². The van der Waals surface area contributed by atoms with Gasteiger partial charge in [-0.05, 0) is 18.4 Å². The molecule has 0 amide bonds. The number of carbonyl (C=O) groups excluding carboxylic acids is 1. The molecule has 0 fully saturated rings. The molecule has 0 unspecified atom stereocenters. The number of carboxylic acid groups (broad SMARTS) is 2. The number of rotatable bonds is 14. The van der Waals surface area contributed by atoms with E-state index in [1.165, 1.54) is 69.8 Å². The average molecular weight is 379 g/mol. The fourth-order valence-electron chi connectivity index (χ4n) is 2.81. The minimum absolute atomic E-state index is 0.806. The molecule has 0 aliphatic heterocycles. The zero-order chi connectivity index (χ0) is 20.3. The molecule has 0 saturated carbocycles. The monoisotopic (exact) mass is 378 g/mol. The normalized spacial score (nSPS) is 9.96. The van der Waals surface area contributed by atoms with Gasteiger partial charge in [0.05, 0.1) is 0 Å². The summed E-state index contributed by atoms with van der Waals surface area (Å²) in [5.74, 6) is -2.62.